The van der Waals surface area contributed by atoms with Gasteiger partial charge in [-0.2, -0.15) is 0 Å². The van der Waals surface area contributed by atoms with Gasteiger partial charge in [0.1, 0.15) is 0 Å². The summed E-state index contributed by atoms with van der Waals surface area (Å²) in [5, 5.41) is 2.91. The monoisotopic (exact) mass is 281 g/mol. The zero-order valence-corrected chi connectivity index (χ0v) is 11.8. The van der Waals surface area contributed by atoms with Gasteiger partial charge in [0, 0.05) is 28.8 Å². The highest BCUT2D eigenvalue weighted by Crippen LogP contribution is 2.17. The van der Waals surface area contributed by atoms with Crippen LogP contribution in [-0.2, 0) is 11.3 Å². The van der Waals surface area contributed by atoms with Gasteiger partial charge in [-0.15, -0.1) is 11.3 Å². The van der Waals surface area contributed by atoms with E-state index < -0.39 is 0 Å². The van der Waals surface area contributed by atoms with Crippen molar-refractivity contribution in [2.24, 2.45) is 11.7 Å². The van der Waals surface area contributed by atoms with Crippen LogP contribution in [0.3, 0.4) is 0 Å². The number of carbonyl (C=O) groups excluding carboxylic acids is 2. The Morgan fingerprint density at radius 3 is 2.63 bits per heavy atom. The lowest BCUT2D eigenvalue weighted by Crippen LogP contribution is -2.46. The lowest BCUT2D eigenvalue weighted by Gasteiger charge is -2.30. The van der Waals surface area contributed by atoms with E-state index in [1.807, 2.05) is 19.1 Å². The van der Waals surface area contributed by atoms with Crippen molar-refractivity contribution in [1.82, 2.24) is 10.2 Å². The van der Waals surface area contributed by atoms with Crippen LogP contribution in [0.25, 0.3) is 0 Å². The summed E-state index contributed by atoms with van der Waals surface area (Å²) in [4.78, 5) is 27.1. The number of piperidine rings is 1. The van der Waals surface area contributed by atoms with E-state index in [9.17, 15) is 9.59 Å². The second kappa shape index (κ2) is 6.06. The van der Waals surface area contributed by atoms with Crippen LogP contribution in [0.2, 0.25) is 0 Å². The molecule has 2 rings (SSSR count). The van der Waals surface area contributed by atoms with Gasteiger partial charge < -0.3 is 16.0 Å². The predicted octanol–water partition coefficient (Wildman–Crippen LogP) is 1.46. The van der Waals surface area contributed by atoms with Crippen molar-refractivity contribution in [1.29, 1.82) is 0 Å². The van der Waals surface area contributed by atoms with Crippen molar-refractivity contribution in [3.63, 3.8) is 0 Å². The zero-order chi connectivity index (χ0) is 13.8. The molecular weight excluding hydrogens is 262 g/mol. The van der Waals surface area contributed by atoms with E-state index >= 15 is 0 Å². The van der Waals surface area contributed by atoms with Gasteiger partial charge >= 0.3 is 6.03 Å². The summed E-state index contributed by atoms with van der Waals surface area (Å²) >= 11 is 1.69. The number of carbonyl (C=O) groups is 2. The number of nitrogens with zero attached hydrogens (tertiary/aromatic N) is 1. The first-order valence-electron chi connectivity index (χ1n) is 6.43. The number of urea groups is 1. The van der Waals surface area contributed by atoms with Crippen LogP contribution in [0.15, 0.2) is 12.1 Å². The minimum absolute atomic E-state index is 0.0611. The molecule has 1 aliphatic heterocycles. The number of nitrogens with one attached hydrogen (secondary N) is 1. The summed E-state index contributed by atoms with van der Waals surface area (Å²) < 4.78 is 0. The summed E-state index contributed by atoms with van der Waals surface area (Å²) in [5.41, 5.74) is 5.27. The van der Waals surface area contributed by atoms with Crippen molar-refractivity contribution in [2.45, 2.75) is 26.3 Å². The van der Waals surface area contributed by atoms with Crippen LogP contribution < -0.4 is 11.1 Å². The summed E-state index contributed by atoms with van der Waals surface area (Å²) in [6.45, 7) is 3.81. The van der Waals surface area contributed by atoms with Crippen molar-refractivity contribution in [3.8, 4) is 0 Å². The molecule has 104 valence electrons. The number of hydrogen-bond donors (Lipinski definition) is 2. The lowest BCUT2D eigenvalue weighted by atomic mass is 9.96. The molecule has 1 aromatic heterocycles. The first kappa shape index (κ1) is 13.9. The van der Waals surface area contributed by atoms with Gasteiger partial charge in [-0.05, 0) is 31.9 Å². The molecule has 2 heterocycles. The Morgan fingerprint density at radius 1 is 1.42 bits per heavy atom. The second-order valence-corrected chi connectivity index (χ2v) is 6.21. The number of thiophene rings is 1. The molecule has 0 radical (unpaired) electrons. The number of likely N-dealkylation sites (tertiary alicyclic amines) is 1. The highest BCUT2D eigenvalue weighted by Gasteiger charge is 2.25. The Morgan fingerprint density at radius 2 is 2.11 bits per heavy atom. The molecule has 3 amide bonds. The van der Waals surface area contributed by atoms with Gasteiger partial charge in [-0.25, -0.2) is 4.79 Å². The smallest absolute Gasteiger partial charge is 0.317 e. The number of nitrogens with two attached hydrogens (primary N) is 1. The van der Waals surface area contributed by atoms with Crippen LogP contribution in [0.4, 0.5) is 4.79 Å². The van der Waals surface area contributed by atoms with E-state index in [-0.39, 0.29) is 17.9 Å². The van der Waals surface area contributed by atoms with E-state index in [2.05, 4.69) is 5.32 Å². The van der Waals surface area contributed by atoms with Crippen LogP contribution in [0.1, 0.15) is 22.6 Å². The molecule has 19 heavy (non-hydrogen) atoms. The molecule has 6 heteroatoms. The molecule has 1 fully saturated rings. The van der Waals surface area contributed by atoms with E-state index in [1.165, 1.54) is 4.88 Å². The van der Waals surface area contributed by atoms with Crippen LogP contribution in [-0.4, -0.2) is 29.9 Å². The van der Waals surface area contributed by atoms with Gasteiger partial charge in [0.05, 0.1) is 6.54 Å². The fourth-order valence-corrected chi connectivity index (χ4v) is 3.05. The molecule has 0 spiro atoms. The van der Waals surface area contributed by atoms with Gasteiger partial charge in [0.15, 0.2) is 0 Å². The fourth-order valence-electron chi connectivity index (χ4n) is 2.22. The predicted molar refractivity (Wildman–Crippen MR) is 74.8 cm³/mol. The maximum atomic E-state index is 12.0. The van der Waals surface area contributed by atoms with Crippen LogP contribution >= 0.6 is 11.3 Å². The lowest BCUT2D eigenvalue weighted by molar-refractivity contribution is -0.123. The molecule has 0 aromatic carbocycles. The maximum absolute atomic E-state index is 12.0. The molecule has 0 unspecified atom stereocenters. The van der Waals surface area contributed by atoms with Crippen molar-refractivity contribution < 1.29 is 9.59 Å². The Labute approximate surface area is 116 Å². The molecule has 5 nitrogen and oxygen atoms in total. The topological polar surface area (TPSA) is 75.4 Å². The average molecular weight is 281 g/mol. The molecule has 1 saturated heterocycles. The molecule has 1 aliphatic rings. The summed E-state index contributed by atoms with van der Waals surface area (Å²) in [6, 6.07) is 4.01. The molecule has 0 bridgehead atoms. The molecule has 0 saturated carbocycles. The largest absolute Gasteiger partial charge is 0.369 e. The molecule has 0 aliphatic carbocycles. The maximum Gasteiger partial charge on any atom is 0.317 e. The Hall–Kier alpha value is -1.56. The van der Waals surface area contributed by atoms with E-state index in [0.717, 1.165) is 4.88 Å². The third kappa shape index (κ3) is 3.70. The number of primary amides is 1. The Kier molecular flexibility index (Phi) is 4.42. The quantitative estimate of drug-likeness (QED) is 0.880. The third-order valence-corrected chi connectivity index (χ3v) is 4.40. The van der Waals surface area contributed by atoms with E-state index in [4.69, 9.17) is 5.73 Å². The third-order valence-electron chi connectivity index (χ3n) is 3.39. The standard InChI is InChI=1S/C13H19N3O2S/c1-9-2-3-11(19-9)8-15-13(18)16-6-4-10(5-7-16)12(14)17/h2-3,10H,4-8H2,1H3,(H2,14,17)(H,15,18). The summed E-state index contributed by atoms with van der Waals surface area (Å²) in [5.74, 6) is -0.335. The first-order chi connectivity index (χ1) is 9.06. The van der Waals surface area contributed by atoms with Gasteiger partial charge in [-0.1, -0.05) is 0 Å². The Bertz CT molecular complexity index is 464. The minimum atomic E-state index is -0.255. The molecule has 1 aromatic rings. The highest BCUT2D eigenvalue weighted by molar-refractivity contribution is 7.11. The fraction of sp³-hybridized carbons (Fsp3) is 0.538. The normalized spacial score (nSPS) is 16.4. The Balaban J connectivity index is 1.77. The number of hydrogen-bond acceptors (Lipinski definition) is 3. The van der Waals surface area contributed by atoms with Gasteiger partial charge in [0.2, 0.25) is 5.91 Å². The number of aryl methyl sites for hydroxylation is 1. The summed E-state index contributed by atoms with van der Waals surface area (Å²) in [6.07, 6.45) is 1.34. The minimum Gasteiger partial charge on any atom is -0.369 e. The number of amides is 3. The second-order valence-electron chi connectivity index (χ2n) is 4.83. The van der Waals surface area contributed by atoms with Gasteiger partial charge in [-0.3, -0.25) is 4.79 Å². The molecular formula is C13H19N3O2S. The van der Waals surface area contributed by atoms with Crippen LogP contribution in [0, 0.1) is 12.8 Å². The van der Waals surface area contributed by atoms with Crippen molar-refractivity contribution in [2.75, 3.05) is 13.1 Å². The molecule has 3 N–H and O–H groups in total. The van der Waals surface area contributed by atoms with E-state index in [1.54, 1.807) is 16.2 Å². The number of rotatable bonds is 3. The van der Waals surface area contributed by atoms with Gasteiger partial charge in [0.25, 0.3) is 0 Å². The first-order valence-corrected chi connectivity index (χ1v) is 7.25. The summed E-state index contributed by atoms with van der Waals surface area (Å²) in [7, 11) is 0. The van der Waals surface area contributed by atoms with E-state index in [0.29, 0.717) is 32.5 Å². The van der Waals surface area contributed by atoms with Crippen molar-refractivity contribution >= 4 is 23.3 Å². The SMILES string of the molecule is Cc1ccc(CNC(=O)N2CCC(C(N)=O)CC2)s1. The molecule has 0 atom stereocenters. The highest BCUT2D eigenvalue weighted by atomic mass is 32.1. The average Bonchev–Trinajstić information content (AvgIpc) is 2.82. The van der Waals surface area contributed by atoms with Crippen molar-refractivity contribution in [3.05, 3.63) is 21.9 Å². The van der Waals surface area contributed by atoms with Crippen LogP contribution in [0.5, 0.6) is 0 Å². The zero-order valence-electron chi connectivity index (χ0n) is 11.0.